The fourth-order valence-corrected chi connectivity index (χ4v) is 4.10. The predicted octanol–water partition coefficient (Wildman–Crippen LogP) is 2.17. The topological polar surface area (TPSA) is 92.8 Å². The van der Waals surface area contributed by atoms with Gasteiger partial charge in [0.2, 0.25) is 10.0 Å². The van der Waals surface area contributed by atoms with E-state index in [-0.39, 0.29) is 23.9 Å². The third kappa shape index (κ3) is 5.74. The van der Waals surface area contributed by atoms with Crippen LogP contribution in [0.25, 0.3) is 0 Å². The molecule has 0 aliphatic heterocycles. The second-order valence-corrected chi connectivity index (χ2v) is 8.35. The summed E-state index contributed by atoms with van der Waals surface area (Å²) >= 11 is 0. The molecule has 0 aliphatic rings. The molecular weight excluding hydrogens is 375 g/mol. The monoisotopic (exact) mass is 402 g/mol. The Kier molecular flexibility index (Phi) is 8.36. The summed E-state index contributed by atoms with van der Waals surface area (Å²) in [6, 6.07) is 2.08. The molecule has 1 atom stereocenters. The fourth-order valence-electron chi connectivity index (χ4n) is 2.62. The van der Waals surface area contributed by atoms with Crippen LogP contribution < -0.4 is 5.32 Å². The minimum absolute atomic E-state index is 0.0774. The number of amides is 1. The molecule has 0 saturated carbocycles. The van der Waals surface area contributed by atoms with E-state index in [4.69, 9.17) is 0 Å². The lowest BCUT2D eigenvalue weighted by atomic mass is 10.0. The largest absolute Gasteiger partial charge is 0.467 e. The van der Waals surface area contributed by atoms with Crippen LogP contribution in [0.15, 0.2) is 23.1 Å². The van der Waals surface area contributed by atoms with E-state index < -0.39 is 39.3 Å². The van der Waals surface area contributed by atoms with Gasteiger partial charge in [-0.05, 0) is 30.5 Å². The van der Waals surface area contributed by atoms with Crippen molar-refractivity contribution < 1.29 is 27.1 Å². The Balaban J connectivity index is 3.22. The first kappa shape index (κ1) is 23.0. The Labute approximate surface area is 159 Å². The molecule has 1 amide bonds. The zero-order valence-corrected chi connectivity index (χ0v) is 17.1. The van der Waals surface area contributed by atoms with Crippen molar-refractivity contribution in [3.05, 3.63) is 29.6 Å². The third-order valence-electron chi connectivity index (χ3n) is 4.02. The molecule has 0 heterocycles. The summed E-state index contributed by atoms with van der Waals surface area (Å²) in [4.78, 5) is 24.2. The van der Waals surface area contributed by atoms with Crippen LogP contribution in [0.3, 0.4) is 0 Å². The number of carbonyl (C=O) groups is 2. The van der Waals surface area contributed by atoms with Gasteiger partial charge in [-0.2, -0.15) is 4.31 Å². The van der Waals surface area contributed by atoms with Gasteiger partial charge in [0, 0.05) is 13.1 Å². The fraction of sp³-hybridized carbons (Fsp3) is 0.556. The van der Waals surface area contributed by atoms with E-state index in [0.717, 1.165) is 18.2 Å². The Morgan fingerprint density at radius 1 is 1.22 bits per heavy atom. The van der Waals surface area contributed by atoms with Crippen molar-refractivity contribution in [1.82, 2.24) is 9.62 Å². The molecule has 1 unspecified atom stereocenters. The smallest absolute Gasteiger partial charge is 0.328 e. The van der Waals surface area contributed by atoms with Gasteiger partial charge in [-0.25, -0.2) is 17.6 Å². The van der Waals surface area contributed by atoms with E-state index >= 15 is 0 Å². The number of halogens is 1. The Morgan fingerprint density at radius 2 is 1.81 bits per heavy atom. The van der Waals surface area contributed by atoms with E-state index in [0.29, 0.717) is 6.42 Å². The number of carbonyl (C=O) groups excluding carboxylic acids is 2. The summed E-state index contributed by atoms with van der Waals surface area (Å²) in [5.74, 6) is -2.32. The van der Waals surface area contributed by atoms with Gasteiger partial charge in [-0.1, -0.05) is 27.7 Å². The highest BCUT2D eigenvalue weighted by Gasteiger charge is 2.27. The number of hydrogen-bond donors (Lipinski definition) is 1. The highest BCUT2D eigenvalue weighted by Crippen LogP contribution is 2.20. The first-order chi connectivity index (χ1) is 12.6. The molecule has 9 heteroatoms. The Bertz CT molecular complexity index is 776. The number of nitrogens with one attached hydrogen (secondary N) is 1. The molecule has 1 aromatic carbocycles. The molecule has 0 bridgehead atoms. The van der Waals surface area contributed by atoms with Crippen LogP contribution in [0.1, 0.15) is 44.5 Å². The van der Waals surface area contributed by atoms with E-state index in [1.807, 2.05) is 13.8 Å². The summed E-state index contributed by atoms with van der Waals surface area (Å²) in [6.45, 7) is 7.59. The van der Waals surface area contributed by atoms with Gasteiger partial charge in [-0.3, -0.25) is 4.79 Å². The highest BCUT2D eigenvalue weighted by atomic mass is 32.2. The number of methoxy groups -OCH3 is 1. The number of esters is 1. The lowest BCUT2D eigenvalue weighted by molar-refractivity contribution is -0.143. The van der Waals surface area contributed by atoms with Crippen molar-refractivity contribution in [2.45, 2.75) is 45.1 Å². The van der Waals surface area contributed by atoms with Gasteiger partial charge in [-0.15, -0.1) is 0 Å². The van der Waals surface area contributed by atoms with Crippen LogP contribution in [0.4, 0.5) is 4.39 Å². The molecule has 0 fully saturated rings. The van der Waals surface area contributed by atoms with Crippen molar-refractivity contribution in [2.75, 3.05) is 20.2 Å². The minimum Gasteiger partial charge on any atom is -0.467 e. The van der Waals surface area contributed by atoms with E-state index in [1.165, 1.54) is 11.4 Å². The quantitative estimate of drug-likeness (QED) is 0.639. The van der Waals surface area contributed by atoms with E-state index in [9.17, 15) is 22.4 Å². The lowest BCUT2D eigenvalue weighted by Crippen LogP contribution is -2.42. The number of rotatable bonds is 9. The second kappa shape index (κ2) is 9.80. The van der Waals surface area contributed by atoms with Crippen LogP contribution in [0, 0.1) is 11.7 Å². The number of ether oxygens (including phenoxy) is 1. The maximum atomic E-state index is 14.2. The van der Waals surface area contributed by atoms with Gasteiger partial charge in [0.25, 0.3) is 5.91 Å². The number of benzene rings is 1. The third-order valence-corrected chi connectivity index (χ3v) is 6.07. The molecule has 0 aliphatic carbocycles. The van der Waals surface area contributed by atoms with Crippen molar-refractivity contribution in [3.63, 3.8) is 0 Å². The van der Waals surface area contributed by atoms with Gasteiger partial charge in [0.15, 0.2) is 0 Å². The summed E-state index contributed by atoms with van der Waals surface area (Å²) in [5.41, 5.74) is -0.444. The molecule has 1 N–H and O–H groups in total. The first-order valence-corrected chi connectivity index (χ1v) is 10.2. The first-order valence-electron chi connectivity index (χ1n) is 8.76. The van der Waals surface area contributed by atoms with Crippen LogP contribution >= 0.6 is 0 Å². The molecule has 0 radical (unpaired) electrons. The van der Waals surface area contributed by atoms with Crippen LogP contribution in [-0.2, 0) is 19.6 Å². The molecule has 152 valence electrons. The molecule has 0 spiro atoms. The predicted molar refractivity (Wildman–Crippen MR) is 99.2 cm³/mol. The number of hydrogen-bond acceptors (Lipinski definition) is 5. The van der Waals surface area contributed by atoms with Crippen molar-refractivity contribution in [3.8, 4) is 0 Å². The Morgan fingerprint density at radius 3 is 2.30 bits per heavy atom. The second-order valence-electron chi connectivity index (χ2n) is 6.41. The minimum atomic E-state index is -3.85. The van der Waals surface area contributed by atoms with Crippen molar-refractivity contribution in [2.24, 2.45) is 5.92 Å². The standard InChI is InChI=1S/C18H27FN2O5S/c1-6-21(7-2)27(24,25)13-8-9-15(19)14(11-13)17(22)20-16(10-12(3)4)18(23)26-5/h8-9,11-12,16H,6-7,10H2,1-5H3,(H,20,22). The maximum Gasteiger partial charge on any atom is 0.328 e. The molecule has 27 heavy (non-hydrogen) atoms. The van der Waals surface area contributed by atoms with Crippen molar-refractivity contribution in [1.29, 1.82) is 0 Å². The average Bonchev–Trinajstić information content (AvgIpc) is 2.60. The van der Waals surface area contributed by atoms with Gasteiger partial charge in [0.05, 0.1) is 17.6 Å². The maximum absolute atomic E-state index is 14.2. The molecule has 0 aromatic heterocycles. The van der Waals surface area contributed by atoms with Crippen LogP contribution in [0.2, 0.25) is 0 Å². The summed E-state index contributed by atoms with van der Waals surface area (Å²) in [6.07, 6.45) is 0.303. The normalized spacial score (nSPS) is 12.9. The number of nitrogens with zero attached hydrogens (tertiary/aromatic N) is 1. The van der Waals surface area contributed by atoms with Gasteiger partial charge in [0.1, 0.15) is 11.9 Å². The van der Waals surface area contributed by atoms with Crippen molar-refractivity contribution >= 4 is 21.9 Å². The molecule has 0 saturated heterocycles. The molecule has 1 rings (SSSR count). The molecule has 1 aromatic rings. The summed E-state index contributed by atoms with van der Waals surface area (Å²) < 4.78 is 45.3. The Hall–Kier alpha value is -2.00. The average molecular weight is 402 g/mol. The summed E-state index contributed by atoms with van der Waals surface area (Å²) in [5, 5.41) is 2.43. The molecular formula is C18H27FN2O5S. The van der Waals surface area contributed by atoms with E-state index in [2.05, 4.69) is 10.1 Å². The van der Waals surface area contributed by atoms with Gasteiger partial charge < -0.3 is 10.1 Å². The van der Waals surface area contributed by atoms with E-state index in [1.54, 1.807) is 13.8 Å². The zero-order chi connectivity index (χ0) is 20.8. The SMILES string of the molecule is CCN(CC)S(=O)(=O)c1ccc(F)c(C(=O)NC(CC(C)C)C(=O)OC)c1. The van der Waals surface area contributed by atoms with Gasteiger partial charge >= 0.3 is 5.97 Å². The zero-order valence-electron chi connectivity index (χ0n) is 16.3. The van der Waals surface area contributed by atoms with Crippen LogP contribution in [0.5, 0.6) is 0 Å². The number of sulfonamides is 1. The highest BCUT2D eigenvalue weighted by molar-refractivity contribution is 7.89. The molecule has 7 nitrogen and oxygen atoms in total. The lowest BCUT2D eigenvalue weighted by Gasteiger charge is -2.20. The van der Waals surface area contributed by atoms with Crippen LogP contribution in [-0.4, -0.2) is 50.8 Å². The summed E-state index contributed by atoms with van der Waals surface area (Å²) in [7, 11) is -2.65.